The number of hydrogen-bond acceptors (Lipinski definition) is 5. The van der Waals surface area contributed by atoms with E-state index in [-0.39, 0.29) is 12.1 Å². The average Bonchev–Trinajstić information content (AvgIpc) is 2.86. The number of anilines is 1. The van der Waals surface area contributed by atoms with Gasteiger partial charge in [0.2, 0.25) is 12.1 Å². The second-order valence-corrected chi connectivity index (χ2v) is 4.57. The standard InChI is InChI=1S/C12H9Cl2N3O2/c13-8-1-2-9-11(19-6-18-9)7(8)5-16-10-3-4-15-12(14)17-10/h1-4H,5-6H2,(H,15,16,17). The molecule has 1 aliphatic rings. The summed E-state index contributed by atoms with van der Waals surface area (Å²) >= 11 is 11.9. The number of rotatable bonds is 3. The zero-order valence-electron chi connectivity index (χ0n) is 9.69. The fraction of sp³-hybridized carbons (Fsp3) is 0.167. The Labute approximate surface area is 119 Å². The molecule has 0 saturated carbocycles. The molecule has 0 aliphatic carbocycles. The van der Waals surface area contributed by atoms with Crippen LogP contribution in [-0.4, -0.2) is 16.8 Å². The number of ether oxygens (including phenoxy) is 2. The zero-order valence-corrected chi connectivity index (χ0v) is 11.2. The van der Waals surface area contributed by atoms with Crippen molar-refractivity contribution in [3.05, 3.63) is 40.3 Å². The first-order valence-electron chi connectivity index (χ1n) is 5.53. The quantitative estimate of drug-likeness (QED) is 0.882. The second-order valence-electron chi connectivity index (χ2n) is 3.82. The molecule has 3 rings (SSSR count). The SMILES string of the molecule is Clc1nccc(NCc2c(Cl)ccc3c2OCO3)n1. The lowest BCUT2D eigenvalue weighted by Crippen LogP contribution is -2.04. The third-order valence-electron chi connectivity index (χ3n) is 2.66. The average molecular weight is 298 g/mol. The van der Waals surface area contributed by atoms with Gasteiger partial charge >= 0.3 is 0 Å². The number of aromatic nitrogens is 2. The van der Waals surface area contributed by atoms with E-state index in [1.165, 1.54) is 0 Å². The van der Waals surface area contributed by atoms with Gasteiger partial charge in [0.25, 0.3) is 0 Å². The molecular formula is C12H9Cl2N3O2. The Morgan fingerprint density at radius 3 is 2.95 bits per heavy atom. The second kappa shape index (κ2) is 5.11. The molecule has 1 aromatic heterocycles. The minimum absolute atomic E-state index is 0.189. The Balaban J connectivity index is 1.82. The smallest absolute Gasteiger partial charge is 0.231 e. The van der Waals surface area contributed by atoms with Gasteiger partial charge in [-0.25, -0.2) is 9.97 Å². The van der Waals surface area contributed by atoms with Crippen molar-refractivity contribution in [1.82, 2.24) is 9.97 Å². The summed E-state index contributed by atoms with van der Waals surface area (Å²) in [6, 6.07) is 5.29. The maximum absolute atomic E-state index is 6.17. The highest BCUT2D eigenvalue weighted by Gasteiger charge is 2.20. The Kier molecular flexibility index (Phi) is 3.31. The molecule has 2 aromatic rings. The molecule has 0 bridgehead atoms. The van der Waals surface area contributed by atoms with Crippen molar-refractivity contribution < 1.29 is 9.47 Å². The van der Waals surface area contributed by atoms with Crippen LogP contribution in [0.5, 0.6) is 11.5 Å². The largest absolute Gasteiger partial charge is 0.454 e. The molecule has 7 heteroatoms. The fourth-order valence-corrected chi connectivity index (χ4v) is 2.15. The molecular weight excluding hydrogens is 289 g/mol. The number of hydrogen-bond donors (Lipinski definition) is 1. The highest BCUT2D eigenvalue weighted by atomic mass is 35.5. The van der Waals surface area contributed by atoms with Gasteiger partial charge in [0.15, 0.2) is 11.5 Å². The van der Waals surface area contributed by atoms with Crippen molar-refractivity contribution in [3.63, 3.8) is 0 Å². The molecule has 0 amide bonds. The van der Waals surface area contributed by atoms with E-state index in [1.54, 1.807) is 24.4 Å². The lowest BCUT2D eigenvalue weighted by Gasteiger charge is -2.10. The van der Waals surface area contributed by atoms with Crippen LogP contribution < -0.4 is 14.8 Å². The molecule has 5 nitrogen and oxygen atoms in total. The van der Waals surface area contributed by atoms with Crippen LogP contribution in [-0.2, 0) is 6.54 Å². The predicted molar refractivity (Wildman–Crippen MR) is 71.9 cm³/mol. The molecule has 0 saturated heterocycles. The molecule has 1 aliphatic heterocycles. The number of halogens is 2. The van der Waals surface area contributed by atoms with Crippen molar-refractivity contribution in [2.24, 2.45) is 0 Å². The van der Waals surface area contributed by atoms with Crippen LogP contribution in [0.25, 0.3) is 0 Å². The van der Waals surface area contributed by atoms with E-state index in [4.69, 9.17) is 32.7 Å². The van der Waals surface area contributed by atoms with Crippen LogP contribution >= 0.6 is 23.2 Å². The molecule has 19 heavy (non-hydrogen) atoms. The van der Waals surface area contributed by atoms with Gasteiger partial charge in [0.05, 0.1) is 0 Å². The van der Waals surface area contributed by atoms with Gasteiger partial charge in [0, 0.05) is 23.3 Å². The molecule has 0 unspecified atom stereocenters. The van der Waals surface area contributed by atoms with Gasteiger partial charge in [-0.15, -0.1) is 0 Å². The minimum Gasteiger partial charge on any atom is -0.454 e. The van der Waals surface area contributed by atoms with E-state index in [1.807, 2.05) is 0 Å². The van der Waals surface area contributed by atoms with E-state index < -0.39 is 0 Å². The summed E-state index contributed by atoms with van der Waals surface area (Å²) in [5.41, 5.74) is 0.825. The van der Waals surface area contributed by atoms with Crippen molar-refractivity contribution in [2.45, 2.75) is 6.54 Å². The summed E-state index contributed by atoms with van der Waals surface area (Å²) in [5.74, 6) is 1.98. The van der Waals surface area contributed by atoms with Crippen molar-refractivity contribution in [2.75, 3.05) is 12.1 Å². The first-order valence-corrected chi connectivity index (χ1v) is 6.29. The van der Waals surface area contributed by atoms with Crippen LogP contribution in [0.15, 0.2) is 24.4 Å². The van der Waals surface area contributed by atoms with Crippen LogP contribution in [0.3, 0.4) is 0 Å². The van der Waals surface area contributed by atoms with Gasteiger partial charge in [-0.05, 0) is 29.8 Å². The minimum atomic E-state index is 0.189. The summed E-state index contributed by atoms with van der Waals surface area (Å²) in [4.78, 5) is 7.85. The van der Waals surface area contributed by atoms with E-state index in [9.17, 15) is 0 Å². The van der Waals surface area contributed by atoms with Gasteiger partial charge in [0.1, 0.15) is 5.82 Å². The Morgan fingerprint density at radius 2 is 2.11 bits per heavy atom. The lowest BCUT2D eigenvalue weighted by molar-refractivity contribution is 0.173. The van der Waals surface area contributed by atoms with Crippen molar-refractivity contribution in [3.8, 4) is 11.5 Å². The van der Waals surface area contributed by atoms with Crippen LogP contribution in [0.2, 0.25) is 10.3 Å². The van der Waals surface area contributed by atoms with E-state index in [0.717, 1.165) is 5.56 Å². The topological polar surface area (TPSA) is 56.3 Å². The highest BCUT2D eigenvalue weighted by molar-refractivity contribution is 6.31. The molecule has 1 N–H and O–H groups in total. The number of benzene rings is 1. The molecule has 0 fully saturated rings. The first-order chi connectivity index (χ1) is 9.24. The number of nitrogens with zero attached hydrogens (tertiary/aromatic N) is 2. The van der Waals surface area contributed by atoms with Gasteiger partial charge in [-0.1, -0.05) is 11.6 Å². The van der Waals surface area contributed by atoms with E-state index >= 15 is 0 Å². The molecule has 0 radical (unpaired) electrons. The predicted octanol–water partition coefficient (Wildman–Crippen LogP) is 3.12. The van der Waals surface area contributed by atoms with Crippen molar-refractivity contribution >= 4 is 29.0 Å². The summed E-state index contributed by atoms with van der Waals surface area (Å²) < 4.78 is 10.7. The first kappa shape index (κ1) is 12.3. The van der Waals surface area contributed by atoms with E-state index in [0.29, 0.717) is 28.9 Å². The maximum Gasteiger partial charge on any atom is 0.231 e. The van der Waals surface area contributed by atoms with E-state index in [2.05, 4.69) is 15.3 Å². The number of nitrogens with one attached hydrogen (secondary N) is 1. The molecule has 1 aromatic carbocycles. The fourth-order valence-electron chi connectivity index (χ4n) is 1.78. The normalized spacial score (nSPS) is 12.5. The molecule has 98 valence electrons. The molecule has 2 heterocycles. The summed E-state index contributed by atoms with van der Waals surface area (Å²) in [6.07, 6.45) is 1.58. The Bertz CT molecular complexity index is 622. The van der Waals surface area contributed by atoms with Gasteiger partial charge in [-0.3, -0.25) is 0 Å². The third kappa shape index (κ3) is 2.52. The molecule has 0 atom stereocenters. The Morgan fingerprint density at radius 1 is 1.21 bits per heavy atom. The molecule has 0 spiro atoms. The monoisotopic (exact) mass is 297 g/mol. The van der Waals surface area contributed by atoms with Crippen LogP contribution in [0.4, 0.5) is 5.82 Å². The Hall–Kier alpha value is -1.72. The summed E-state index contributed by atoms with van der Waals surface area (Å²) in [6.45, 7) is 0.667. The highest BCUT2D eigenvalue weighted by Crippen LogP contribution is 2.39. The maximum atomic E-state index is 6.17. The summed E-state index contributed by atoms with van der Waals surface area (Å²) in [5, 5.41) is 3.91. The lowest BCUT2D eigenvalue weighted by atomic mass is 10.2. The zero-order chi connectivity index (χ0) is 13.2. The number of fused-ring (bicyclic) bond motifs is 1. The van der Waals surface area contributed by atoms with Crippen LogP contribution in [0.1, 0.15) is 5.56 Å². The third-order valence-corrected chi connectivity index (χ3v) is 3.19. The van der Waals surface area contributed by atoms with Crippen LogP contribution in [0, 0.1) is 0 Å². The van der Waals surface area contributed by atoms with Crippen molar-refractivity contribution in [1.29, 1.82) is 0 Å². The summed E-state index contributed by atoms with van der Waals surface area (Å²) in [7, 11) is 0. The van der Waals surface area contributed by atoms with Gasteiger partial charge in [-0.2, -0.15) is 0 Å². The van der Waals surface area contributed by atoms with Gasteiger partial charge < -0.3 is 14.8 Å².